The predicted octanol–water partition coefficient (Wildman–Crippen LogP) is 2.94. The van der Waals surface area contributed by atoms with Gasteiger partial charge in [-0.1, -0.05) is 19.9 Å². The molecule has 0 N–H and O–H groups in total. The second kappa shape index (κ2) is 4.11. The number of rotatable bonds is 3. The van der Waals surface area contributed by atoms with Gasteiger partial charge in [0.05, 0.1) is 12.5 Å². The molecule has 0 saturated heterocycles. The van der Waals surface area contributed by atoms with Crippen LogP contribution in [-0.2, 0) is 9.53 Å². The number of alkyl halides is 3. The van der Waals surface area contributed by atoms with Crippen molar-refractivity contribution in [3.8, 4) is 0 Å². The van der Waals surface area contributed by atoms with Gasteiger partial charge in [-0.2, -0.15) is 13.2 Å². The van der Waals surface area contributed by atoms with Gasteiger partial charge in [0.25, 0.3) is 0 Å². The summed E-state index contributed by atoms with van der Waals surface area (Å²) in [4.78, 5) is 11.4. The van der Waals surface area contributed by atoms with Gasteiger partial charge < -0.3 is 4.74 Å². The summed E-state index contributed by atoms with van der Waals surface area (Å²) in [7, 11) is 0. The zero-order chi connectivity index (χ0) is 12.6. The second-order valence-corrected chi connectivity index (χ2v) is 4.48. The lowest BCUT2D eigenvalue weighted by atomic mass is 10.1. The monoisotopic (exact) mass is 236 g/mol. The summed E-state index contributed by atoms with van der Waals surface area (Å²) in [6, 6.07) is 0. The highest BCUT2D eigenvalue weighted by Gasteiger charge is 2.61. The molecule has 1 fully saturated rings. The molecule has 1 aliphatic rings. The highest BCUT2D eigenvalue weighted by Crippen LogP contribution is 2.59. The van der Waals surface area contributed by atoms with Gasteiger partial charge in [-0.25, -0.2) is 0 Å². The first-order valence-electron chi connectivity index (χ1n) is 5.13. The van der Waals surface area contributed by atoms with Gasteiger partial charge >= 0.3 is 12.1 Å². The first-order valence-corrected chi connectivity index (χ1v) is 5.13. The van der Waals surface area contributed by atoms with E-state index in [1.165, 1.54) is 0 Å². The van der Waals surface area contributed by atoms with Crippen LogP contribution in [0.1, 0.15) is 20.8 Å². The van der Waals surface area contributed by atoms with E-state index in [0.29, 0.717) is 0 Å². The Morgan fingerprint density at radius 2 is 2.00 bits per heavy atom. The predicted molar refractivity (Wildman–Crippen MR) is 52.6 cm³/mol. The van der Waals surface area contributed by atoms with Crippen LogP contribution in [-0.4, -0.2) is 18.8 Å². The quantitative estimate of drug-likeness (QED) is 0.556. The minimum Gasteiger partial charge on any atom is -0.466 e. The molecule has 0 heterocycles. The van der Waals surface area contributed by atoms with Crippen molar-refractivity contribution in [1.82, 2.24) is 0 Å². The molecule has 0 bridgehead atoms. The molecule has 1 aliphatic carbocycles. The van der Waals surface area contributed by atoms with Crippen molar-refractivity contribution in [3.05, 3.63) is 12.2 Å². The summed E-state index contributed by atoms with van der Waals surface area (Å²) >= 11 is 0. The smallest absolute Gasteiger partial charge is 0.409 e. The molecule has 2 nitrogen and oxygen atoms in total. The van der Waals surface area contributed by atoms with E-state index in [0.717, 1.165) is 6.08 Å². The molecular formula is C11H15F3O2. The van der Waals surface area contributed by atoms with Crippen LogP contribution in [0.3, 0.4) is 0 Å². The van der Waals surface area contributed by atoms with Crippen molar-refractivity contribution in [3.63, 3.8) is 0 Å². The van der Waals surface area contributed by atoms with Gasteiger partial charge in [0.15, 0.2) is 0 Å². The highest BCUT2D eigenvalue weighted by atomic mass is 19.4. The molecule has 92 valence electrons. The standard InChI is InChI=1S/C11H15F3O2/c1-4-16-9(15)8-7(10(8,2)3)5-6-11(12,13)14/h5-8H,4H2,1-3H3/b6-5-/t7-,8+/m0/s1. The van der Waals surface area contributed by atoms with E-state index in [1.54, 1.807) is 20.8 Å². The largest absolute Gasteiger partial charge is 0.466 e. The summed E-state index contributed by atoms with van der Waals surface area (Å²) in [6.07, 6.45) is -3.07. The van der Waals surface area contributed by atoms with Gasteiger partial charge in [0, 0.05) is 6.08 Å². The second-order valence-electron chi connectivity index (χ2n) is 4.48. The Labute approximate surface area is 92.5 Å². The van der Waals surface area contributed by atoms with E-state index in [-0.39, 0.29) is 18.6 Å². The number of halogens is 3. The van der Waals surface area contributed by atoms with Crippen molar-refractivity contribution in [2.75, 3.05) is 6.61 Å². The molecule has 0 aliphatic heterocycles. The maximum atomic E-state index is 12.0. The molecule has 0 spiro atoms. The molecule has 0 aromatic rings. The molecule has 0 unspecified atom stereocenters. The van der Waals surface area contributed by atoms with Crippen LogP contribution >= 0.6 is 0 Å². The Balaban J connectivity index is 2.64. The van der Waals surface area contributed by atoms with E-state index in [4.69, 9.17) is 4.74 Å². The zero-order valence-corrected chi connectivity index (χ0v) is 9.47. The Bertz CT molecular complexity index is 305. The summed E-state index contributed by atoms with van der Waals surface area (Å²) < 4.78 is 40.7. The molecule has 1 saturated carbocycles. The third-order valence-electron chi connectivity index (χ3n) is 2.94. The van der Waals surface area contributed by atoms with Gasteiger partial charge in [-0.05, 0) is 18.3 Å². The minimum atomic E-state index is -4.32. The Kier molecular flexibility index (Phi) is 3.35. The third kappa shape index (κ3) is 2.77. The molecule has 16 heavy (non-hydrogen) atoms. The van der Waals surface area contributed by atoms with Crippen molar-refractivity contribution in [2.24, 2.45) is 17.3 Å². The summed E-state index contributed by atoms with van der Waals surface area (Å²) in [5.41, 5.74) is -0.437. The van der Waals surface area contributed by atoms with Gasteiger partial charge in [0.1, 0.15) is 0 Å². The number of esters is 1. The number of allylic oxidation sites excluding steroid dienone is 2. The maximum absolute atomic E-state index is 12.0. The Morgan fingerprint density at radius 3 is 2.44 bits per heavy atom. The minimum absolute atomic E-state index is 0.193. The Morgan fingerprint density at radius 1 is 1.44 bits per heavy atom. The van der Waals surface area contributed by atoms with E-state index in [1.807, 2.05) is 0 Å². The average molecular weight is 236 g/mol. The summed E-state index contributed by atoms with van der Waals surface area (Å²) in [5, 5.41) is 0. The molecule has 0 aromatic heterocycles. The highest BCUT2D eigenvalue weighted by molar-refractivity contribution is 5.78. The van der Waals surface area contributed by atoms with E-state index < -0.39 is 23.5 Å². The summed E-state index contributed by atoms with van der Waals surface area (Å²) in [5.74, 6) is -1.25. The van der Waals surface area contributed by atoms with Crippen LogP contribution < -0.4 is 0 Å². The molecule has 2 atom stereocenters. The fourth-order valence-corrected chi connectivity index (χ4v) is 1.93. The molecule has 5 heteroatoms. The summed E-state index contributed by atoms with van der Waals surface area (Å²) in [6.45, 7) is 5.45. The maximum Gasteiger partial charge on any atom is 0.409 e. The van der Waals surface area contributed by atoms with Crippen LogP contribution in [0.15, 0.2) is 12.2 Å². The molecule has 0 radical (unpaired) electrons. The fourth-order valence-electron chi connectivity index (χ4n) is 1.93. The van der Waals surface area contributed by atoms with Gasteiger partial charge in [0.2, 0.25) is 0 Å². The number of hydrogen-bond donors (Lipinski definition) is 0. The van der Waals surface area contributed by atoms with E-state index >= 15 is 0 Å². The number of carbonyl (C=O) groups is 1. The van der Waals surface area contributed by atoms with Crippen LogP contribution in [0.4, 0.5) is 13.2 Å². The first kappa shape index (κ1) is 13.1. The fraction of sp³-hybridized carbons (Fsp3) is 0.727. The molecular weight excluding hydrogens is 221 g/mol. The zero-order valence-electron chi connectivity index (χ0n) is 9.47. The van der Waals surface area contributed by atoms with Crippen molar-refractivity contribution in [1.29, 1.82) is 0 Å². The molecule has 1 rings (SSSR count). The van der Waals surface area contributed by atoms with Crippen LogP contribution in [0.2, 0.25) is 0 Å². The van der Waals surface area contributed by atoms with E-state index in [2.05, 4.69) is 0 Å². The lowest BCUT2D eigenvalue weighted by Crippen LogP contribution is -2.10. The normalized spacial score (nSPS) is 28.1. The van der Waals surface area contributed by atoms with E-state index in [9.17, 15) is 18.0 Å². The SMILES string of the molecule is CCOC(=O)[C@H]1[C@H](/C=C\C(F)(F)F)C1(C)C. The van der Waals surface area contributed by atoms with Crippen molar-refractivity contribution >= 4 is 5.97 Å². The third-order valence-corrected chi connectivity index (χ3v) is 2.94. The average Bonchev–Trinajstić information content (AvgIpc) is 2.64. The van der Waals surface area contributed by atoms with Gasteiger partial charge in [-0.15, -0.1) is 0 Å². The molecule has 0 aromatic carbocycles. The number of ether oxygens (including phenoxy) is 1. The van der Waals surface area contributed by atoms with Crippen LogP contribution in [0.5, 0.6) is 0 Å². The lowest BCUT2D eigenvalue weighted by Gasteiger charge is -2.01. The first-order chi connectivity index (χ1) is 7.20. The van der Waals surface area contributed by atoms with Gasteiger partial charge in [-0.3, -0.25) is 4.79 Å². The number of carbonyl (C=O) groups excluding carboxylic acids is 1. The number of hydrogen-bond acceptors (Lipinski definition) is 2. The van der Waals surface area contributed by atoms with Crippen LogP contribution in [0.25, 0.3) is 0 Å². The van der Waals surface area contributed by atoms with Crippen molar-refractivity contribution in [2.45, 2.75) is 26.9 Å². The lowest BCUT2D eigenvalue weighted by molar-refractivity contribution is -0.145. The molecule has 0 amide bonds. The Hall–Kier alpha value is -1.00. The van der Waals surface area contributed by atoms with Crippen molar-refractivity contribution < 1.29 is 22.7 Å². The topological polar surface area (TPSA) is 26.3 Å². The van der Waals surface area contributed by atoms with Crippen LogP contribution in [0, 0.1) is 17.3 Å².